The Bertz CT molecular complexity index is 588. The number of ether oxygens (including phenoxy) is 1. The first-order valence-electron chi connectivity index (χ1n) is 6.02. The van der Waals surface area contributed by atoms with Crippen LogP contribution in [0.4, 0.5) is 14.5 Å². The van der Waals surface area contributed by atoms with E-state index in [2.05, 4.69) is 5.32 Å². The van der Waals surface area contributed by atoms with Gasteiger partial charge in [-0.05, 0) is 17.7 Å². The molecule has 0 fully saturated rings. The van der Waals surface area contributed by atoms with Gasteiger partial charge in [0.1, 0.15) is 18.2 Å². The van der Waals surface area contributed by atoms with Gasteiger partial charge in [0.05, 0.1) is 12.3 Å². The predicted octanol–water partition coefficient (Wildman–Crippen LogP) is 3.12. The van der Waals surface area contributed by atoms with E-state index in [0.29, 0.717) is 12.7 Å². The fraction of sp³-hybridized carbons (Fsp3) is 0.133. The Morgan fingerprint density at radius 1 is 1.10 bits per heavy atom. The van der Waals surface area contributed by atoms with Crippen LogP contribution in [0, 0.1) is 11.6 Å². The minimum absolute atomic E-state index is 0.0697. The predicted molar refractivity (Wildman–Crippen MR) is 71.1 cm³/mol. The standard InChI is InChI=1S/C15H13F2NO2/c16-12-6-7-14(13(17)8-12)18-15(19)10-20-9-11-4-2-1-3-5-11/h1-8H,9-10H2,(H,18,19). The highest BCUT2D eigenvalue weighted by molar-refractivity contribution is 5.91. The van der Waals surface area contributed by atoms with Gasteiger partial charge in [0.2, 0.25) is 5.91 Å². The first-order chi connectivity index (χ1) is 9.65. The average Bonchev–Trinajstić information content (AvgIpc) is 2.43. The molecule has 2 rings (SSSR count). The van der Waals surface area contributed by atoms with Crippen molar-refractivity contribution in [3.05, 3.63) is 65.7 Å². The number of amides is 1. The molecule has 0 unspecified atom stereocenters. The molecule has 0 aliphatic carbocycles. The Morgan fingerprint density at radius 3 is 2.55 bits per heavy atom. The van der Waals surface area contributed by atoms with Gasteiger partial charge in [-0.2, -0.15) is 0 Å². The van der Waals surface area contributed by atoms with Crippen LogP contribution in [0.3, 0.4) is 0 Å². The van der Waals surface area contributed by atoms with Crippen LogP contribution in [0.15, 0.2) is 48.5 Å². The number of rotatable bonds is 5. The quantitative estimate of drug-likeness (QED) is 0.912. The van der Waals surface area contributed by atoms with E-state index >= 15 is 0 Å². The molecule has 0 spiro atoms. The van der Waals surface area contributed by atoms with Gasteiger partial charge in [-0.3, -0.25) is 4.79 Å². The van der Waals surface area contributed by atoms with Crippen LogP contribution in [0.1, 0.15) is 5.56 Å². The van der Waals surface area contributed by atoms with Crippen molar-refractivity contribution in [1.29, 1.82) is 0 Å². The molecular weight excluding hydrogens is 264 g/mol. The second-order valence-corrected chi connectivity index (χ2v) is 4.15. The maximum Gasteiger partial charge on any atom is 0.250 e. The van der Waals surface area contributed by atoms with Crippen molar-refractivity contribution in [2.45, 2.75) is 6.61 Å². The van der Waals surface area contributed by atoms with E-state index < -0.39 is 17.5 Å². The zero-order chi connectivity index (χ0) is 14.4. The molecule has 0 aliphatic heterocycles. The van der Waals surface area contributed by atoms with Crippen LogP contribution in [-0.2, 0) is 16.1 Å². The van der Waals surface area contributed by atoms with Gasteiger partial charge in [0.15, 0.2) is 0 Å². The monoisotopic (exact) mass is 277 g/mol. The highest BCUT2D eigenvalue weighted by Crippen LogP contribution is 2.14. The number of anilines is 1. The zero-order valence-corrected chi connectivity index (χ0v) is 10.6. The summed E-state index contributed by atoms with van der Waals surface area (Å²) in [6.45, 7) is 0.0892. The first kappa shape index (κ1) is 14.1. The molecule has 0 radical (unpaired) electrons. The summed E-state index contributed by atoms with van der Waals surface area (Å²) in [7, 11) is 0. The smallest absolute Gasteiger partial charge is 0.250 e. The van der Waals surface area contributed by atoms with Crippen molar-refractivity contribution in [1.82, 2.24) is 0 Å². The highest BCUT2D eigenvalue weighted by Gasteiger charge is 2.08. The molecule has 0 aliphatic rings. The molecule has 2 aromatic rings. The Morgan fingerprint density at radius 2 is 1.85 bits per heavy atom. The van der Waals surface area contributed by atoms with Crippen LogP contribution >= 0.6 is 0 Å². The molecule has 20 heavy (non-hydrogen) atoms. The maximum atomic E-state index is 13.3. The van der Waals surface area contributed by atoms with E-state index in [1.165, 1.54) is 6.07 Å². The van der Waals surface area contributed by atoms with Crippen LogP contribution in [0.5, 0.6) is 0 Å². The lowest BCUT2D eigenvalue weighted by molar-refractivity contribution is -0.121. The lowest BCUT2D eigenvalue weighted by Crippen LogP contribution is -2.19. The molecule has 0 heterocycles. The average molecular weight is 277 g/mol. The first-order valence-corrected chi connectivity index (χ1v) is 6.02. The summed E-state index contributed by atoms with van der Waals surface area (Å²) in [5, 5.41) is 2.32. The highest BCUT2D eigenvalue weighted by atomic mass is 19.1. The third kappa shape index (κ3) is 4.13. The second kappa shape index (κ2) is 6.77. The number of benzene rings is 2. The summed E-state index contributed by atoms with van der Waals surface area (Å²) in [6, 6.07) is 12.3. The fourth-order valence-electron chi connectivity index (χ4n) is 1.61. The van der Waals surface area contributed by atoms with Crippen molar-refractivity contribution in [3.8, 4) is 0 Å². The van der Waals surface area contributed by atoms with Crippen molar-refractivity contribution in [2.75, 3.05) is 11.9 Å². The van der Waals surface area contributed by atoms with Crippen LogP contribution < -0.4 is 5.32 Å². The number of carbonyl (C=O) groups excluding carboxylic acids is 1. The summed E-state index contributed by atoms with van der Waals surface area (Å²) in [5.74, 6) is -2.01. The number of halogens is 2. The van der Waals surface area contributed by atoms with Crippen molar-refractivity contribution in [2.24, 2.45) is 0 Å². The number of hydrogen-bond acceptors (Lipinski definition) is 2. The largest absolute Gasteiger partial charge is 0.367 e. The van der Waals surface area contributed by atoms with E-state index in [0.717, 1.165) is 11.6 Å². The summed E-state index contributed by atoms with van der Waals surface area (Å²) >= 11 is 0. The lowest BCUT2D eigenvalue weighted by atomic mass is 10.2. The van der Waals surface area contributed by atoms with Gasteiger partial charge in [-0.25, -0.2) is 8.78 Å². The molecule has 104 valence electrons. The van der Waals surface area contributed by atoms with E-state index in [-0.39, 0.29) is 12.3 Å². The lowest BCUT2D eigenvalue weighted by Gasteiger charge is -2.07. The van der Waals surface area contributed by atoms with E-state index in [9.17, 15) is 13.6 Å². The van der Waals surface area contributed by atoms with Gasteiger partial charge in [0, 0.05) is 6.07 Å². The topological polar surface area (TPSA) is 38.3 Å². The third-order valence-corrected chi connectivity index (χ3v) is 2.55. The molecule has 0 saturated carbocycles. The summed E-state index contributed by atoms with van der Waals surface area (Å²) in [5.41, 5.74) is 0.868. The molecule has 1 amide bonds. The molecule has 0 bridgehead atoms. The van der Waals surface area contributed by atoms with Crippen LogP contribution in [-0.4, -0.2) is 12.5 Å². The molecule has 0 atom stereocenters. The molecule has 2 aromatic carbocycles. The Kier molecular flexibility index (Phi) is 4.79. The normalized spacial score (nSPS) is 10.3. The maximum absolute atomic E-state index is 13.3. The number of hydrogen-bond donors (Lipinski definition) is 1. The van der Waals surface area contributed by atoms with E-state index in [1.54, 1.807) is 0 Å². The number of carbonyl (C=O) groups is 1. The molecule has 5 heteroatoms. The van der Waals surface area contributed by atoms with Crippen molar-refractivity contribution in [3.63, 3.8) is 0 Å². The minimum Gasteiger partial charge on any atom is -0.367 e. The van der Waals surface area contributed by atoms with Gasteiger partial charge in [-0.1, -0.05) is 30.3 Å². The fourth-order valence-corrected chi connectivity index (χ4v) is 1.61. The Balaban J connectivity index is 1.81. The second-order valence-electron chi connectivity index (χ2n) is 4.15. The minimum atomic E-state index is -0.818. The third-order valence-electron chi connectivity index (χ3n) is 2.55. The summed E-state index contributed by atoms with van der Waals surface area (Å²) in [4.78, 5) is 11.5. The van der Waals surface area contributed by atoms with Gasteiger partial charge in [-0.15, -0.1) is 0 Å². The molecular formula is C15H13F2NO2. The van der Waals surface area contributed by atoms with Crippen LogP contribution in [0.25, 0.3) is 0 Å². The molecule has 1 N–H and O–H groups in total. The zero-order valence-electron chi connectivity index (χ0n) is 10.6. The summed E-state index contributed by atoms with van der Waals surface area (Å²) < 4.78 is 31.2. The molecule has 3 nitrogen and oxygen atoms in total. The molecule has 0 saturated heterocycles. The van der Waals surface area contributed by atoms with E-state index in [1.807, 2.05) is 30.3 Å². The van der Waals surface area contributed by atoms with Crippen molar-refractivity contribution >= 4 is 11.6 Å². The van der Waals surface area contributed by atoms with Gasteiger partial charge < -0.3 is 10.1 Å². The Labute approximate surface area is 115 Å². The number of nitrogens with one attached hydrogen (secondary N) is 1. The van der Waals surface area contributed by atoms with Gasteiger partial charge >= 0.3 is 0 Å². The molecule has 0 aromatic heterocycles. The van der Waals surface area contributed by atoms with Crippen LogP contribution in [0.2, 0.25) is 0 Å². The van der Waals surface area contributed by atoms with Crippen molar-refractivity contribution < 1.29 is 18.3 Å². The Hall–Kier alpha value is -2.27. The summed E-state index contributed by atoms with van der Waals surface area (Å²) in [6.07, 6.45) is 0. The van der Waals surface area contributed by atoms with E-state index in [4.69, 9.17) is 4.74 Å². The van der Waals surface area contributed by atoms with Gasteiger partial charge in [0.25, 0.3) is 0 Å². The SMILES string of the molecule is O=C(COCc1ccccc1)Nc1ccc(F)cc1F.